The molecule has 200 valence electrons. The molecule has 1 atom stereocenters. The van der Waals surface area contributed by atoms with Crippen LogP contribution in [0.1, 0.15) is 68.2 Å². The SMILES string of the molecule is C=C(C=CC(Cl)=CCC)c1c(C(OC(C)(C)C)C(=O)O)c(C)cc2nc(N3CCc4ncccc4C3)sc12. The van der Waals surface area contributed by atoms with Gasteiger partial charge in [-0.05, 0) is 69.0 Å². The second-order valence-corrected chi connectivity index (χ2v) is 11.8. The number of carboxylic acid groups (broad SMARTS) is 1. The third-order valence-electron chi connectivity index (χ3n) is 6.27. The zero-order valence-electron chi connectivity index (χ0n) is 22.5. The molecule has 1 aliphatic heterocycles. The molecule has 0 fully saturated rings. The summed E-state index contributed by atoms with van der Waals surface area (Å²) in [7, 11) is 0. The highest BCUT2D eigenvalue weighted by Gasteiger charge is 2.32. The number of thiazole rings is 1. The predicted molar refractivity (Wildman–Crippen MR) is 157 cm³/mol. The Morgan fingerprint density at radius 1 is 1.37 bits per heavy atom. The first-order valence-electron chi connectivity index (χ1n) is 12.7. The van der Waals surface area contributed by atoms with Crippen LogP contribution in [0.5, 0.6) is 0 Å². The van der Waals surface area contributed by atoms with Crippen LogP contribution in [0.3, 0.4) is 0 Å². The van der Waals surface area contributed by atoms with E-state index in [9.17, 15) is 9.90 Å². The Morgan fingerprint density at radius 2 is 2.13 bits per heavy atom. The second-order valence-electron chi connectivity index (χ2n) is 10.4. The molecule has 1 aromatic carbocycles. The summed E-state index contributed by atoms with van der Waals surface area (Å²) in [5.41, 5.74) is 5.24. The van der Waals surface area contributed by atoms with Gasteiger partial charge in [-0.25, -0.2) is 9.78 Å². The summed E-state index contributed by atoms with van der Waals surface area (Å²) in [6.45, 7) is 15.4. The van der Waals surface area contributed by atoms with Crippen LogP contribution < -0.4 is 4.90 Å². The smallest absolute Gasteiger partial charge is 0.337 e. The Bertz CT molecular complexity index is 1430. The zero-order valence-corrected chi connectivity index (χ0v) is 24.1. The molecule has 8 heteroatoms. The summed E-state index contributed by atoms with van der Waals surface area (Å²) >= 11 is 7.89. The van der Waals surface area contributed by atoms with Crippen molar-refractivity contribution in [1.29, 1.82) is 0 Å². The van der Waals surface area contributed by atoms with Crippen LogP contribution in [0.2, 0.25) is 0 Å². The minimum atomic E-state index is -1.17. The summed E-state index contributed by atoms with van der Waals surface area (Å²) in [6.07, 6.45) is 7.87. The van der Waals surface area contributed by atoms with Crippen molar-refractivity contribution in [3.63, 3.8) is 0 Å². The maximum atomic E-state index is 12.5. The molecule has 3 heterocycles. The minimum absolute atomic E-state index is 0.591. The first kappa shape index (κ1) is 28.0. The molecule has 0 saturated heterocycles. The number of pyridine rings is 1. The lowest BCUT2D eigenvalue weighted by Crippen LogP contribution is -2.30. The van der Waals surface area contributed by atoms with E-state index < -0.39 is 17.7 Å². The fourth-order valence-electron chi connectivity index (χ4n) is 4.63. The number of benzene rings is 1. The molecule has 0 bridgehead atoms. The third kappa shape index (κ3) is 6.17. The number of carbonyl (C=O) groups is 1. The monoisotopic (exact) mass is 551 g/mol. The van der Waals surface area contributed by atoms with Gasteiger partial charge in [-0.1, -0.05) is 54.7 Å². The molecule has 38 heavy (non-hydrogen) atoms. The van der Waals surface area contributed by atoms with Crippen molar-refractivity contribution < 1.29 is 14.6 Å². The van der Waals surface area contributed by atoms with E-state index in [-0.39, 0.29) is 0 Å². The number of aliphatic carboxylic acids is 1. The molecule has 0 aliphatic carbocycles. The van der Waals surface area contributed by atoms with Gasteiger partial charge in [0.1, 0.15) is 0 Å². The van der Waals surface area contributed by atoms with E-state index in [1.54, 1.807) is 17.4 Å². The second kappa shape index (κ2) is 11.4. The lowest BCUT2D eigenvalue weighted by molar-refractivity contribution is -0.160. The minimum Gasteiger partial charge on any atom is -0.479 e. The number of hydrogen-bond donors (Lipinski definition) is 1. The lowest BCUT2D eigenvalue weighted by Gasteiger charge is -2.28. The highest BCUT2D eigenvalue weighted by Crippen LogP contribution is 2.42. The van der Waals surface area contributed by atoms with Gasteiger partial charge < -0.3 is 14.7 Å². The van der Waals surface area contributed by atoms with E-state index in [1.807, 2.05) is 65.1 Å². The molecule has 1 N–H and O–H groups in total. The maximum absolute atomic E-state index is 12.5. The van der Waals surface area contributed by atoms with Crippen molar-refractivity contribution in [3.8, 4) is 0 Å². The maximum Gasteiger partial charge on any atom is 0.337 e. The molecule has 0 radical (unpaired) electrons. The molecule has 1 unspecified atom stereocenters. The summed E-state index contributed by atoms with van der Waals surface area (Å²) in [5, 5.41) is 11.7. The molecule has 3 aromatic rings. The summed E-state index contributed by atoms with van der Waals surface area (Å²) < 4.78 is 6.98. The van der Waals surface area contributed by atoms with E-state index in [4.69, 9.17) is 21.3 Å². The molecular weight excluding hydrogens is 518 g/mol. The Balaban J connectivity index is 1.87. The number of fused-ring (bicyclic) bond motifs is 2. The number of halogens is 1. The van der Waals surface area contributed by atoms with Crippen LogP contribution in [-0.2, 0) is 22.5 Å². The average molecular weight is 552 g/mol. The van der Waals surface area contributed by atoms with Gasteiger partial charge in [0.05, 0.1) is 15.8 Å². The fraction of sp³-hybridized carbons (Fsp3) is 0.367. The van der Waals surface area contributed by atoms with Crippen LogP contribution in [0.4, 0.5) is 5.13 Å². The van der Waals surface area contributed by atoms with Crippen molar-refractivity contribution in [3.05, 3.63) is 82.2 Å². The predicted octanol–water partition coefficient (Wildman–Crippen LogP) is 7.61. The summed E-state index contributed by atoms with van der Waals surface area (Å²) in [6, 6.07) is 6.03. The molecule has 6 nitrogen and oxygen atoms in total. The van der Waals surface area contributed by atoms with Gasteiger partial charge in [-0.2, -0.15) is 0 Å². The van der Waals surface area contributed by atoms with Crippen LogP contribution in [0.25, 0.3) is 15.8 Å². The van der Waals surface area contributed by atoms with Gasteiger partial charge in [-0.15, -0.1) is 0 Å². The van der Waals surface area contributed by atoms with Crippen LogP contribution >= 0.6 is 22.9 Å². The third-order valence-corrected chi connectivity index (χ3v) is 7.70. The standard InChI is InChI=1S/C30H34ClN3O3S/c1-7-9-21(31)12-11-18(2)25-24(26(28(35)36)37-30(4,5)6)19(3)16-23-27(25)38-29(33-23)34-15-13-22-20(17-34)10-8-14-32-22/h8-12,14,16,26H,2,7,13,15,17H2,1,3-6H3,(H,35,36). The zero-order chi connectivity index (χ0) is 27.6. The topological polar surface area (TPSA) is 75.6 Å². The molecular formula is C30H34ClN3O3S. The van der Waals surface area contributed by atoms with Gasteiger partial charge in [0.2, 0.25) is 0 Å². The van der Waals surface area contributed by atoms with Crippen molar-refractivity contribution in [2.45, 2.75) is 65.7 Å². The van der Waals surface area contributed by atoms with Crippen molar-refractivity contribution in [1.82, 2.24) is 9.97 Å². The highest BCUT2D eigenvalue weighted by molar-refractivity contribution is 7.22. The molecule has 2 aromatic heterocycles. The van der Waals surface area contributed by atoms with E-state index in [2.05, 4.69) is 22.5 Å². The quantitative estimate of drug-likeness (QED) is 0.290. The van der Waals surface area contributed by atoms with Gasteiger partial charge in [0.25, 0.3) is 0 Å². The number of anilines is 1. The number of allylic oxidation sites excluding steroid dienone is 5. The molecule has 0 amide bonds. The van der Waals surface area contributed by atoms with Crippen LogP contribution in [0, 0.1) is 6.92 Å². The molecule has 1 aliphatic rings. The summed E-state index contributed by atoms with van der Waals surface area (Å²) in [5.74, 6) is -1.05. The normalized spacial score (nSPS) is 15.2. The van der Waals surface area contributed by atoms with Gasteiger partial charge >= 0.3 is 5.97 Å². The van der Waals surface area contributed by atoms with Gasteiger partial charge in [-0.3, -0.25) is 4.98 Å². The first-order chi connectivity index (χ1) is 18.0. The Kier molecular flexibility index (Phi) is 8.40. The first-order valence-corrected chi connectivity index (χ1v) is 13.9. The van der Waals surface area contributed by atoms with Crippen molar-refractivity contribution in [2.75, 3.05) is 11.4 Å². The van der Waals surface area contributed by atoms with E-state index >= 15 is 0 Å². The van der Waals surface area contributed by atoms with Crippen LogP contribution in [-0.4, -0.2) is 33.2 Å². The van der Waals surface area contributed by atoms with Crippen LogP contribution in [0.15, 0.2) is 54.2 Å². The van der Waals surface area contributed by atoms with Crippen molar-refractivity contribution >= 4 is 49.8 Å². The Labute approximate surface area is 233 Å². The Hall–Kier alpha value is -3.00. The van der Waals surface area contributed by atoms with E-state index in [1.165, 1.54) is 5.56 Å². The van der Waals surface area contributed by atoms with E-state index in [0.717, 1.165) is 58.1 Å². The van der Waals surface area contributed by atoms with E-state index in [0.29, 0.717) is 16.2 Å². The number of rotatable bonds is 8. The summed E-state index contributed by atoms with van der Waals surface area (Å²) in [4.78, 5) is 24.3. The fourth-order valence-corrected chi connectivity index (χ4v) is 6.01. The average Bonchev–Trinajstić information content (AvgIpc) is 3.28. The number of aromatic nitrogens is 2. The molecule has 4 rings (SSSR count). The number of nitrogens with zero attached hydrogens (tertiary/aromatic N) is 3. The Morgan fingerprint density at radius 3 is 2.82 bits per heavy atom. The lowest BCUT2D eigenvalue weighted by atomic mass is 9.91. The molecule has 0 spiro atoms. The number of carboxylic acids is 1. The number of aryl methyl sites for hydroxylation is 1. The largest absolute Gasteiger partial charge is 0.479 e. The van der Waals surface area contributed by atoms with Gasteiger partial charge in [0, 0.05) is 47.6 Å². The highest BCUT2D eigenvalue weighted by atomic mass is 35.5. The number of hydrogen-bond acceptors (Lipinski definition) is 6. The molecule has 0 saturated carbocycles. The van der Waals surface area contributed by atoms with Gasteiger partial charge in [0.15, 0.2) is 11.2 Å². The van der Waals surface area contributed by atoms with Crippen molar-refractivity contribution in [2.24, 2.45) is 0 Å². The number of ether oxygens (including phenoxy) is 1.